The highest BCUT2D eigenvalue weighted by molar-refractivity contribution is 7.86. The quantitative estimate of drug-likeness (QED) is 0.167. The van der Waals surface area contributed by atoms with E-state index in [-0.39, 0.29) is 73.5 Å². The molecule has 0 amide bonds. The molecule has 1 heterocycles. The largest absolute Gasteiger partial charge is 0.355 e. The van der Waals surface area contributed by atoms with Gasteiger partial charge in [0.1, 0.15) is 4.90 Å². The molecule has 1 aliphatic rings. The van der Waals surface area contributed by atoms with Crippen LogP contribution in [0.15, 0.2) is 94.7 Å². The molecule has 0 saturated heterocycles. The van der Waals surface area contributed by atoms with Gasteiger partial charge in [-0.15, -0.1) is 0 Å². The minimum Gasteiger partial charge on any atom is -0.355 e. The number of halogens is 1. The van der Waals surface area contributed by atoms with E-state index >= 15 is 0 Å². The van der Waals surface area contributed by atoms with Crippen molar-refractivity contribution >= 4 is 66.4 Å². The maximum absolute atomic E-state index is 13.4. The first-order valence-electron chi connectivity index (χ1n) is 12.8. The Morgan fingerprint density at radius 3 is 2.04 bits per heavy atom. The van der Waals surface area contributed by atoms with Crippen molar-refractivity contribution in [3.8, 4) is 11.4 Å². The first-order valence-corrected chi connectivity index (χ1v) is 16.0. The van der Waals surface area contributed by atoms with Crippen LogP contribution in [0.2, 0.25) is 5.28 Å². The van der Waals surface area contributed by atoms with Crippen LogP contribution in [0, 0.1) is 0 Å². The summed E-state index contributed by atoms with van der Waals surface area (Å²) in [5.74, 6) is -1.09. The highest BCUT2D eigenvalue weighted by Gasteiger charge is 2.31. The molecule has 5 aromatic rings. The zero-order chi connectivity index (χ0) is 32.1. The molecule has 16 heteroatoms. The predicted molar refractivity (Wildman–Crippen MR) is 163 cm³/mol. The minimum absolute atomic E-state index is 0.120. The van der Waals surface area contributed by atoms with Gasteiger partial charge in [-0.3, -0.25) is 18.7 Å². The highest BCUT2D eigenvalue weighted by atomic mass is 35.5. The van der Waals surface area contributed by atoms with Crippen LogP contribution < -0.4 is 10.6 Å². The molecule has 13 nitrogen and oxygen atoms in total. The zero-order valence-electron chi connectivity index (χ0n) is 22.5. The minimum atomic E-state index is -4.79. The number of carbonyl (C=O) groups excluding carboxylic acids is 2. The molecule has 0 unspecified atom stereocenters. The lowest BCUT2D eigenvalue weighted by molar-refractivity contribution is 0.0979. The van der Waals surface area contributed by atoms with Crippen molar-refractivity contribution < 1.29 is 35.5 Å². The summed E-state index contributed by atoms with van der Waals surface area (Å²) >= 11 is 6.08. The normalized spacial score (nSPS) is 12.8. The van der Waals surface area contributed by atoms with Gasteiger partial charge in [-0.05, 0) is 48.0 Å². The molecule has 0 saturated carbocycles. The number of aromatic nitrogens is 3. The number of hydrogen-bond acceptors (Lipinski definition) is 11. The number of nitrogens with zero attached hydrogens (tertiary/aromatic N) is 3. The van der Waals surface area contributed by atoms with Gasteiger partial charge in [-0.2, -0.15) is 31.8 Å². The maximum atomic E-state index is 13.4. The van der Waals surface area contributed by atoms with Gasteiger partial charge in [0.15, 0.2) is 17.4 Å². The van der Waals surface area contributed by atoms with Gasteiger partial charge in [-0.1, -0.05) is 48.5 Å². The van der Waals surface area contributed by atoms with Crippen LogP contribution >= 0.6 is 11.6 Å². The van der Waals surface area contributed by atoms with Crippen molar-refractivity contribution in [3.63, 3.8) is 0 Å². The van der Waals surface area contributed by atoms with E-state index in [1.165, 1.54) is 24.3 Å². The SMILES string of the molecule is O=C1c2ccccc2C(=O)c2c(Nc3ccc(S(=O)(=O)O)c(Nc4nc(Cl)nc(-c5cccc(S(=O)(=O)O)c5)n4)c3)cccc21. The number of fused-ring (bicyclic) bond motifs is 2. The van der Waals surface area contributed by atoms with Crippen molar-refractivity contribution in [3.05, 3.63) is 112 Å². The van der Waals surface area contributed by atoms with E-state index in [1.54, 1.807) is 42.5 Å². The standard InChI is InChI=1S/C29H18ClN5O8S2/c30-28-33-27(15-5-3-6-17(13-15)44(38,39)40)34-29(35-28)32-22-14-16(11-12-23(22)45(41,42)43)31-21-10-4-9-20-24(21)26(37)19-8-2-1-7-18(19)25(20)36/h1-14,31H,(H,38,39,40)(H,41,42,43)(H,32,33,34,35). The van der Waals surface area contributed by atoms with Crippen molar-refractivity contribution in [2.75, 3.05) is 10.6 Å². The molecule has 0 bridgehead atoms. The summed E-state index contributed by atoms with van der Waals surface area (Å²) in [6.07, 6.45) is 0. The van der Waals surface area contributed by atoms with E-state index in [2.05, 4.69) is 25.6 Å². The summed E-state index contributed by atoms with van der Waals surface area (Å²) in [6, 6.07) is 20.0. The second-order valence-electron chi connectivity index (χ2n) is 9.62. The fourth-order valence-electron chi connectivity index (χ4n) is 4.79. The maximum Gasteiger partial charge on any atom is 0.296 e. The van der Waals surface area contributed by atoms with Gasteiger partial charge in [0.05, 0.1) is 21.8 Å². The lowest BCUT2D eigenvalue weighted by atomic mass is 9.83. The Kier molecular flexibility index (Phi) is 7.42. The van der Waals surface area contributed by atoms with Crippen LogP contribution in [0.5, 0.6) is 0 Å². The van der Waals surface area contributed by atoms with E-state index in [4.69, 9.17) is 11.6 Å². The van der Waals surface area contributed by atoms with Crippen LogP contribution in [0.1, 0.15) is 31.8 Å². The van der Waals surface area contributed by atoms with Crippen molar-refractivity contribution in [1.29, 1.82) is 0 Å². The predicted octanol–water partition coefficient (Wildman–Crippen LogP) is 4.95. The summed E-state index contributed by atoms with van der Waals surface area (Å²) in [5.41, 5.74) is 1.32. The van der Waals surface area contributed by atoms with Gasteiger partial charge < -0.3 is 10.6 Å². The summed E-state index contributed by atoms with van der Waals surface area (Å²) < 4.78 is 67.0. The van der Waals surface area contributed by atoms with E-state index < -0.39 is 30.0 Å². The Labute approximate surface area is 260 Å². The Bertz CT molecular complexity index is 2300. The van der Waals surface area contributed by atoms with Crippen LogP contribution in [0.3, 0.4) is 0 Å². The number of carbonyl (C=O) groups is 2. The van der Waals surface area contributed by atoms with Crippen LogP contribution in [0.25, 0.3) is 11.4 Å². The van der Waals surface area contributed by atoms with E-state index in [0.29, 0.717) is 0 Å². The molecule has 0 fully saturated rings. The number of benzene rings is 4. The molecule has 0 aliphatic heterocycles. The number of ketones is 2. The molecular weight excluding hydrogens is 646 g/mol. The fourth-order valence-corrected chi connectivity index (χ4v) is 6.10. The second-order valence-corrected chi connectivity index (χ2v) is 12.8. The molecular formula is C29H18ClN5O8S2. The first kappa shape index (κ1) is 30.0. The second kappa shape index (κ2) is 11.1. The molecule has 0 radical (unpaired) electrons. The molecule has 6 rings (SSSR count). The van der Waals surface area contributed by atoms with Crippen LogP contribution in [0.4, 0.5) is 23.0 Å². The van der Waals surface area contributed by atoms with Crippen molar-refractivity contribution in [2.24, 2.45) is 0 Å². The number of hydrogen-bond donors (Lipinski definition) is 4. The fraction of sp³-hybridized carbons (Fsp3) is 0. The average molecular weight is 664 g/mol. The Hall–Kier alpha value is -5.06. The molecule has 4 aromatic carbocycles. The molecule has 226 valence electrons. The van der Waals surface area contributed by atoms with Gasteiger partial charge >= 0.3 is 0 Å². The summed E-state index contributed by atoms with van der Waals surface area (Å²) in [4.78, 5) is 37.7. The van der Waals surface area contributed by atoms with E-state index in [9.17, 15) is 35.5 Å². The third-order valence-electron chi connectivity index (χ3n) is 6.73. The van der Waals surface area contributed by atoms with Gasteiger partial charge in [-0.25, -0.2) is 0 Å². The number of anilines is 4. The number of rotatable bonds is 7. The first-order chi connectivity index (χ1) is 21.3. The lowest BCUT2D eigenvalue weighted by Gasteiger charge is -2.21. The molecule has 0 atom stereocenters. The van der Waals surface area contributed by atoms with Crippen molar-refractivity contribution in [1.82, 2.24) is 15.0 Å². The summed E-state index contributed by atoms with van der Waals surface area (Å²) in [6.45, 7) is 0. The zero-order valence-corrected chi connectivity index (χ0v) is 24.9. The Morgan fingerprint density at radius 1 is 0.644 bits per heavy atom. The third kappa shape index (κ3) is 5.90. The molecule has 1 aliphatic carbocycles. The Morgan fingerprint density at radius 2 is 1.33 bits per heavy atom. The lowest BCUT2D eigenvalue weighted by Crippen LogP contribution is -2.22. The monoisotopic (exact) mass is 663 g/mol. The van der Waals surface area contributed by atoms with Crippen LogP contribution in [-0.4, -0.2) is 52.5 Å². The van der Waals surface area contributed by atoms with Gasteiger partial charge in [0.2, 0.25) is 11.2 Å². The Balaban J connectivity index is 1.39. The van der Waals surface area contributed by atoms with Crippen LogP contribution in [-0.2, 0) is 20.2 Å². The molecule has 1 aromatic heterocycles. The summed E-state index contributed by atoms with van der Waals surface area (Å²) in [7, 11) is -9.33. The van der Waals surface area contributed by atoms with E-state index in [0.717, 1.165) is 18.2 Å². The average Bonchev–Trinajstić information content (AvgIpc) is 2.99. The number of nitrogens with one attached hydrogen (secondary N) is 2. The van der Waals surface area contributed by atoms with Crippen molar-refractivity contribution in [2.45, 2.75) is 9.79 Å². The third-order valence-corrected chi connectivity index (χ3v) is 8.66. The smallest absolute Gasteiger partial charge is 0.296 e. The van der Waals surface area contributed by atoms with Gasteiger partial charge in [0.25, 0.3) is 20.2 Å². The van der Waals surface area contributed by atoms with E-state index in [1.807, 2.05) is 0 Å². The summed E-state index contributed by atoms with van der Waals surface area (Å²) in [5, 5.41) is 5.37. The molecule has 45 heavy (non-hydrogen) atoms. The molecule has 4 N–H and O–H groups in total. The van der Waals surface area contributed by atoms with Gasteiger partial charge in [0, 0.05) is 27.9 Å². The molecule has 0 spiro atoms. The highest BCUT2D eigenvalue weighted by Crippen LogP contribution is 2.35. The topological polar surface area (TPSA) is 206 Å².